The van der Waals surface area contributed by atoms with Gasteiger partial charge in [0.05, 0.1) is 4.47 Å². The minimum absolute atomic E-state index is 0.313. The van der Waals surface area contributed by atoms with Crippen LogP contribution in [0.15, 0.2) is 16.6 Å². The van der Waals surface area contributed by atoms with E-state index in [0.717, 1.165) is 12.0 Å². The minimum atomic E-state index is -0.392. The van der Waals surface area contributed by atoms with Gasteiger partial charge in [-0.3, -0.25) is 0 Å². The van der Waals surface area contributed by atoms with Crippen molar-refractivity contribution in [3.63, 3.8) is 0 Å². The first-order valence-electron chi connectivity index (χ1n) is 5.05. The lowest BCUT2D eigenvalue weighted by atomic mass is 10.2. The van der Waals surface area contributed by atoms with E-state index in [1.807, 2.05) is 6.92 Å². The van der Waals surface area contributed by atoms with Crippen molar-refractivity contribution in [2.24, 2.45) is 0 Å². The summed E-state index contributed by atoms with van der Waals surface area (Å²) < 4.78 is 13.6. The van der Waals surface area contributed by atoms with Crippen molar-refractivity contribution in [1.29, 1.82) is 0 Å². The average molecular weight is 289 g/mol. The van der Waals surface area contributed by atoms with Crippen LogP contribution < -0.4 is 10.6 Å². The van der Waals surface area contributed by atoms with Gasteiger partial charge in [0.2, 0.25) is 0 Å². The normalized spacial score (nSPS) is 10.0. The van der Waals surface area contributed by atoms with Crippen LogP contribution in [-0.4, -0.2) is 12.6 Å². The van der Waals surface area contributed by atoms with E-state index in [0.29, 0.717) is 16.7 Å². The summed E-state index contributed by atoms with van der Waals surface area (Å²) in [5.41, 5.74) is 1.29. The molecule has 0 aliphatic rings. The Labute approximate surface area is 103 Å². The monoisotopic (exact) mass is 288 g/mol. The average Bonchev–Trinajstić information content (AvgIpc) is 2.23. The minimum Gasteiger partial charge on any atom is -0.338 e. The Hall–Kier alpha value is -1.10. The highest BCUT2D eigenvalue weighted by molar-refractivity contribution is 9.10. The number of amides is 2. The van der Waals surface area contributed by atoms with Crippen LogP contribution in [0.4, 0.5) is 14.9 Å². The fraction of sp³-hybridized carbons (Fsp3) is 0.364. The molecule has 2 amide bonds. The molecule has 1 aromatic rings. The fourth-order valence-electron chi connectivity index (χ4n) is 1.19. The summed E-state index contributed by atoms with van der Waals surface area (Å²) in [4.78, 5) is 11.4. The molecule has 0 spiro atoms. The predicted molar refractivity (Wildman–Crippen MR) is 66.1 cm³/mol. The van der Waals surface area contributed by atoms with Crippen molar-refractivity contribution in [3.8, 4) is 0 Å². The molecule has 0 fully saturated rings. The maximum atomic E-state index is 13.2. The molecule has 0 radical (unpaired) electrons. The van der Waals surface area contributed by atoms with E-state index >= 15 is 0 Å². The lowest BCUT2D eigenvalue weighted by molar-refractivity contribution is 0.252. The van der Waals surface area contributed by atoms with Crippen molar-refractivity contribution in [3.05, 3.63) is 28.0 Å². The van der Waals surface area contributed by atoms with E-state index in [1.165, 1.54) is 6.07 Å². The van der Waals surface area contributed by atoms with Gasteiger partial charge in [-0.25, -0.2) is 9.18 Å². The molecule has 0 unspecified atom stereocenters. The summed E-state index contributed by atoms with van der Waals surface area (Å²) in [6.45, 7) is 4.37. The predicted octanol–water partition coefficient (Wildman–Crippen LogP) is 3.43. The molecule has 2 N–H and O–H groups in total. The summed E-state index contributed by atoms with van der Waals surface area (Å²) in [5, 5.41) is 5.26. The summed E-state index contributed by atoms with van der Waals surface area (Å²) in [6, 6.07) is 2.61. The number of nitrogens with one attached hydrogen (secondary N) is 2. The van der Waals surface area contributed by atoms with Crippen LogP contribution in [-0.2, 0) is 0 Å². The second-order valence-corrected chi connectivity index (χ2v) is 4.32. The number of carbonyl (C=O) groups is 1. The van der Waals surface area contributed by atoms with Gasteiger partial charge in [-0.05, 0) is 47.0 Å². The van der Waals surface area contributed by atoms with Crippen LogP contribution in [0.1, 0.15) is 18.9 Å². The third-order valence-corrected chi connectivity index (χ3v) is 2.66. The molecule has 88 valence electrons. The van der Waals surface area contributed by atoms with Crippen molar-refractivity contribution in [2.75, 3.05) is 11.9 Å². The fourth-order valence-corrected chi connectivity index (χ4v) is 1.64. The Bertz CT molecular complexity index is 396. The van der Waals surface area contributed by atoms with Crippen molar-refractivity contribution < 1.29 is 9.18 Å². The van der Waals surface area contributed by atoms with Crippen LogP contribution in [0.5, 0.6) is 0 Å². The first-order chi connectivity index (χ1) is 7.54. The van der Waals surface area contributed by atoms with Gasteiger partial charge >= 0.3 is 6.03 Å². The quantitative estimate of drug-likeness (QED) is 0.879. The highest BCUT2D eigenvalue weighted by Crippen LogP contribution is 2.23. The summed E-state index contributed by atoms with van der Waals surface area (Å²) in [5.74, 6) is -0.392. The van der Waals surface area contributed by atoms with E-state index in [9.17, 15) is 9.18 Å². The number of benzene rings is 1. The van der Waals surface area contributed by atoms with Crippen LogP contribution in [0.3, 0.4) is 0 Å². The zero-order valence-electron chi connectivity index (χ0n) is 9.23. The van der Waals surface area contributed by atoms with Gasteiger partial charge in [0.1, 0.15) is 5.82 Å². The molecule has 1 rings (SSSR count). The van der Waals surface area contributed by atoms with Gasteiger partial charge in [0.15, 0.2) is 0 Å². The molecule has 0 aromatic heterocycles. The number of halogens is 2. The van der Waals surface area contributed by atoms with Crippen LogP contribution in [0.2, 0.25) is 0 Å². The molecule has 0 aliphatic heterocycles. The van der Waals surface area contributed by atoms with Gasteiger partial charge in [-0.1, -0.05) is 6.92 Å². The number of anilines is 1. The van der Waals surface area contributed by atoms with Crippen LogP contribution in [0.25, 0.3) is 0 Å². The molecule has 16 heavy (non-hydrogen) atoms. The Morgan fingerprint density at radius 1 is 1.50 bits per heavy atom. The summed E-state index contributed by atoms with van der Waals surface area (Å²) in [6.07, 6.45) is 0.862. The zero-order valence-corrected chi connectivity index (χ0v) is 10.8. The van der Waals surface area contributed by atoms with E-state index in [4.69, 9.17) is 0 Å². The molecule has 0 aliphatic carbocycles. The van der Waals surface area contributed by atoms with Gasteiger partial charge < -0.3 is 10.6 Å². The lowest BCUT2D eigenvalue weighted by Crippen LogP contribution is -2.29. The first kappa shape index (κ1) is 13.0. The number of hydrogen-bond acceptors (Lipinski definition) is 1. The molecular formula is C11H14BrFN2O. The van der Waals surface area contributed by atoms with E-state index in [1.54, 1.807) is 13.0 Å². The topological polar surface area (TPSA) is 41.1 Å². The van der Waals surface area contributed by atoms with Gasteiger partial charge in [0.25, 0.3) is 0 Å². The number of urea groups is 1. The second-order valence-electron chi connectivity index (χ2n) is 3.46. The van der Waals surface area contributed by atoms with Gasteiger partial charge in [-0.15, -0.1) is 0 Å². The van der Waals surface area contributed by atoms with E-state index < -0.39 is 5.82 Å². The summed E-state index contributed by atoms with van der Waals surface area (Å²) >= 11 is 3.09. The number of aryl methyl sites for hydroxylation is 1. The van der Waals surface area contributed by atoms with Gasteiger partial charge in [-0.2, -0.15) is 0 Å². The Morgan fingerprint density at radius 3 is 2.81 bits per heavy atom. The largest absolute Gasteiger partial charge is 0.338 e. The van der Waals surface area contributed by atoms with Gasteiger partial charge in [0, 0.05) is 12.2 Å². The highest BCUT2D eigenvalue weighted by Gasteiger charge is 2.07. The standard InChI is InChI=1S/C11H14BrFN2O/c1-3-4-14-11(16)15-10-6-9(13)8(12)5-7(10)2/h5-6H,3-4H2,1-2H3,(H2,14,15,16). The molecule has 0 heterocycles. The third-order valence-electron chi connectivity index (χ3n) is 2.05. The Kier molecular flexibility index (Phi) is 4.73. The van der Waals surface area contributed by atoms with Crippen molar-refractivity contribution in [1.82, 2.24) is 5.32 Å². The van der Waals surface area contributed by atoms with Crippen LogP contribution >= 0.6 is 15.9 Å². The van der Waals surface area contributed by atoms with Crippen molar-refractivity contribution >= 4 is 27.6 Å². The molecule has 3 nitrogen and oxygen atoms in total. The molecule has 0 saturated carbocycles. The lowest BCUT2D eigenvalue weighted by Gasteiger charge is -2.10. The highest BCUT2D eigenvalue weighted by atomic mass is 79.9. The number of carbonyl (C=O) groups excluding carboxylic acids is 1. The molecule has 5 heteroatoms. The molecule has 0 atom stereocenters. The van der Waals surface area contributed by atoms with E-state index in [2.05, 4.69) is 26.6 Å². The zero-order chi connectivity index (χ0) is 12.1. The maximum Gasteiger partial charge on any atom is 0.319 e. The first-order valence-corrected chi connectivity index (χ1v) is 5.84. The molecule has 0 saturated heterocycles. The SMILES string of the molecule is CCCNC(=O)Nc1cc(F)c(Br)cc1C. The molecular weight excluding hydrogens is 275 g/mol. The number of hydrogen-bond donors (Lipinski definition) is 2. The number of rotatable bonds is 3. The Balaban J connectivity index is 2.73. The van der Waals surface area contributed by atoms with E-state index in [-0.39, 0.29) is 6.03 Å². The Morgan fingerprint density at radius 2 is 2.19 bits per heavy atom. The third kappa shape index (κ3) is 3.48. The van der Waals surface area contributed by atoms with Crippen molar-refractivity contribution in [2.45, 2.75) is 20.3 Å². The second kappa shape index (κ2) is 5.84. The smallest absolute Gasteiger partial charge is 0.319 e. The maximum absolute atomic E-state index is 13.2. The summed E-state index contributed by atoms with van der Waals surface area (Å²) in [7, 11) is 0. The molecule has 1 aromatic carbocycles. The van der Waals surface area contributed by atoms with Crippen LogP contribution in [0, 0.1) is 12.7 Å². The molecule has 0 bridgehead atoms.